The summed E-state index contributed by atoms with van der Waals surface area (Å²) in [7, 11) is 0. The summed E-state index contributed by atoms with van der Waals surface area (Å²) < 4.78 is 0. The molecule has 0 spiro atoms. The Labute approximate surface area is 104 Å². The lowest BCUT2D eigenvalue weighted by Gasteiger charge is -2.15. The summed E-state index contributed by atoms with van der Waals surface area (Å²) in [6.07, 6.45) is 2.55. The number of rotatable bonds is 2. The van der Waals surface area contributed by atoms with Gasteiger partial charge in [-0.1, -0.05) is 26.8 Å². The number of aryl methyl sites for hydroxylation is 1. The number of aromatic nitrogens is 1. The van der Waals surface area contributed by atoms with Crippen LogP contribution in [0.3, 0.4) is 0 Å². The van der Waals surface area contributed by atoms with Crippen molar-refractivity contribution in [2.75, 3.05) is 6.54 Å². The molecule has 1 aromatic rings. The molecule has 2 heterocycles. The molecule has 3 heteroatoms. The number of nitrogens with zero attached hydrogens (tertiary/aromatic N) is 2. The average Bonchev–Trinajstić information content (AvgIpc) is 2.63. The van der Waals surface area contributed by atoms with E-state index in [0.717, 1.165) is 17.8 Å². The quantitative estimate of drug-likeness (QED) is 0.788. The first-order chi connectivity index (χ1) is 8.15. The van der Waals surface area contributed by atoms with Crippen molar-refractivity contribution >= 4 is 5.91 Å². The van der Waals surface area contributed by atoms with Gasteiger partial charge in [0.15, 0.2) is 0 Å². The summed E-state index contributed by atoms with van der Waals surface area (Å²) in [5.74, 6) is 0.763. The van der Waals surface area contributed by atoms with Crippen LogP contribution in [0.4, 0.5) is 0 Å². The van der Waals surface area contributed by atoms with Gasteiger partial charge in [-0.3, -0.25) is 9.78 Å². The smallest absolute Gasteiger partial charge is 0.223 e. The van der Waals surface area contributed by atoms with E-state index in [1.807, 2.05) is 44.0 Å². The predicted molar refractivity (Wildman–Crippen MR) is 69.5 cm³/mol. The molecule has 0 saturated carbocycles. The van der Waals surface area contributed by atoms with Crippen molar-refractivity contribution < 1.29 is 4.79 Å². The van der Waals surface area contributed by atoms with Gasteiger partial charge in [-0.15, -0.1) is 0 Å². The zero-order valence-corrected chi connectivity index (χ0v) is 11.2. The van der Waals surface area contributed by atoms with Crippen molar-refractivity contribution in [3.05, 3.63) is 29.6 Å². The maximum Gasteiger partial charge on any atom is 0.223 e. The molecule has 1 aromatic heterocycles. The normalized spacial score (nSPS) is 18.9. The number of hydrogen-bond donors (Lipinski definition) is 0. The molecule has 0 aliphatic carbocycles. The molecule has 1 unspecified atom stereocenters. The lowest BCUT2D eigenvalue weighted by molar-refractivity contribution is -0.128. The van der Waals surface area contributed by atoms with Crippen molar-refractivity contribution in [1.29, 1.82) is 0 Å². The summed E-state index contributed by atoms with van der Waals surface area (Å²) in [6.45, 7) is 9.67. The fourth-order valence-corrected chi connectivity index (χ4v) is 1.93. The molecule has 0 radical (unpaired) electrons. The highest BCUT2D eigenvalue weighted by Crippen LogP contribution is 2.18. The number of pyridine rings is 1. The topological polar surface area (TPSA) is 33.2 Å². The molecule has 94 valence electrons. The zero-order valence-electron chi connectivity index (χ0n) is 11.2. The Morgan fingerprint density at radius 3 is 2.59 bits per heavy atom. The Hall–Kier alpha value is -1.38. The summed E-state index contributed by atoms with van der Waals surface area (Å²) >= 11 is 0. The minimum Gasteiger partial charge on any atom is -0.338 e. The number of hydrogen-bond acceptors (Lipinski definition) is 2. The van der Waals surface area contributed by atoms with E-state index >= 15 is 0 Å². The Bertz CT molecular complexity index is 359. The van der Waals surface area contributed by atoms with Gasteiger partial charge in [-0.2, -0.15) is 0 Å². The second kappa shape index (κ2) is 6.38. The molecule has 0 N–H and O–H groups in total. The second-order valence-electron chi connectivity index (χ2n) is 4.39. The minimum atomic E-state index is 0.267. The first-order valence-electron chi connectivity index (χ1n) is 6.34. The molecule has 1 aliphatic rings. The van der Waals surface area contributed by atoms with E-state index in [1.165, 1.54) is 0 Å². The third-order valence-electron chi connectivity index (χ3n) is 2.75. The van der Waals surface area contributed by atoms with E-state index in [4.69, 9.17) is 0 Å². The molecule has 2 rings (SSSR count). The highest BCUT2D eigenvalue weighted by Gasteiger charge is 2.26. The third kappa shape index (κ3) is 3.84. The van der Waals surface area contributed by atoms with Gasteiger partial charge in [0.25, 0.3) is 0 Å². The fraction of sp³-hybridized carbons (Fsp3) is 0.571. The first kappa shape index (κ1) is 13.7. The van der Waals surface area contributed by atoms with Crippen LogP contribution in [0.1, 0.15) is 38.4 Å². The van der Waals surface area contributed by atoms with Gasteiger partial charge >= 0.3 is 0 Å². The van der Waals surface area contributed by atoms with Crippen LogP contribution in [-0.2, 0) is 11.3 Å². The van der Waals surface area contributed by atoms with Gasteiger partial charge in [0.1, 0.15) is 0 Å². The van der Waals surface area contributed by atoms with Crippen LogP contribution in [0.5, 0.6) is 0 Å². The summed E-state index contributed by atoms with van der Waals surface area (Å²) in [5.41, 5.74) is 2.13. The molecule has 1 saturated heterocycles. The Morgan fingerprint density at radius 1 is 1.41 bits per heavy atom. The highest BCUT2D eigenvalue weighted by molar-refractivity contribution is 5.78. The van der Waals surface area contributed by atoms with Crippen molar-refractivity contribution in [3.63, 3.8) is 0 Å². The standard InChI is InChI=1S/C12H16N2O.C2H6/c1-9-5-12(15)14(7-9)8-11-4-3-10(2)13-6-11;1-2/h3-4,6,9H,5,7-8H2,1-2H3;1-2H3. The van der Waals surface area contributed by atoms with Crippen LogP contribution in [0.2, 0.25) is 0 Å². The Morgan fingerprint density at radius 2 is 2.12 bits per heavy atom. The molecule has 0 bridgehead atoms. The predicted octanol–water partition coefficient (Wildman–Crippen LogP) is 2.78. The van der Waals surface area contributed by atoms with Crippen molar-refractivity contribution in [2.24, 2.45) is 5.92 Å². The average molecular weight is 234 g/mol. The van der Waals surface area contributed by atoms with Gasteiger partial charge in [-0.05, 0) is 24.5 Å². The monoisotopic (exact) mass is 234 g/mol. The van der Waals surface area contributed by atoms with Gasteiger partial charge in [-0.25, -0.2) is 0 Å². The van der Waals surface area contributed by atoms with Gasteiger partial charge < -0.3 is 4.90 Å². The van der Waals surface area contributed by atoms with Crippen LogP contribution in [0, 0.1) is 12.8 Å². The molecule has 17 heavy (non-hydrogen) atoms. The molecule has 1 aliphatic heterocycles. The maximum atomic E-state index is 11.6. The van der Waals surface area contributed by atoms with E-state index in [0.29, 0.717) is 18.9 Å². The maximum absolute atomic E-state index is 11.6. The first-order valence-corrected chi connectivity index (χ1v) is 6.34. The lowest BCUT2D eigenvalue weighted by atomic mass is 10.2. The molecule has 1 fully saturated rings. The van der Waals surface area contributed by atoms with Crippen LogP contribution >= 0.6 is 0 Å². The van der Waals surface area contributed by atoms with Gasteiger partial charge in [0.05, 0.1) is 0 Å². The van der Waals surface area contributed by atoms with Crippen molar-refractivity contribution in [3.8, 4) is 0 Å². The second-order valence-corrected chi connectivity index (χ2v) is 4.39. The Kier molecular flexibility index (Phi) is 5.13. The van der Waals surface area contributed by atoms with E-state index in [2.05, 4.69) is 11.9 Å². The third-order valence-corrected chi connectivity index (χ3v) is 2.75. The van der Waals surface area contributed by atoms with Crippen molar-refractivity contribution in [2.45, 2.75) is 40.7 Å². The zero-order chi connectivity index (χ0) is 12.8. The van der Waals surface area contributed by atoms with Gasteiger partial charge in [0, 0.05) is 31.4 Å². The molecule has 1 amide bonds. The molecule has 1 atom stereocenters. The number of amides is 1. The van der Waals surface area contributed by atoms with Gasteiger partial charge in [0.2, 0.25) is 5.91 Å². The van der Waals surface area contributed by atoms with E-state index in [-0.39, 0.29) is 5.91 Å². The molecular formula is C14H22N2O. The van der Waals surface area contributed by atoms with Crippen LogP contribution in [0.25, 0.3) is 0 Å². The number of likely N-dealkylation sites (tertiary alicyclic amines) is 1. The number of carbonyl (C=O) groups excluding carboxylic acids is 1. The van der Waals surface area contributed by atoms with E-state index < -0.39 is 0 Å². The highest BCUT2D eigenvalue weighted by atomic mass is 16.2. The lowest BCUT2D eigenvalue weighted by Crippen LogP contribution is -2.24. The van der Waals surface area contributed by atoms with Crippen LogP contribution in [-0.4, -0.2) is 22.3 Å². The largest absolute Gasteiger partial charge is 0.338 e. The summed E-state index contributed by atoms with van der Waals surface area (Å²) in [4.78, 5) is 17.7. The number of carbonyl (C=O) groups is 1. The minimum absolute atomic E-state index is 0.267. The Balaban J connectivity index is 0.000000686. The molecule has 3 nitrogen and oxygen atoms in total. The fourth-order valence-electron chi connectivity index (χ4n) is 1.93. The molecular weight excluding hydrogens is 212 g/mol. The van der Waals surface area contributed by atoms with Crippen LogP contribution < -0.4 is 0 Å². The summed E-state index contributed by atoms with van der Waals surface area (Å²) in [5, 5.41) is 0. The van der Waals surface area contributed by atoms with Crippen LogP contribution in [0.15, 0.2) is 18.3 Å². The van der Waals surface area contributed by atoms with E-state index in [9.17, 15) is 4.79 Å². The summed E-state index contributed by atoms with van der Waals surface area (Å²) in [6, 6.07) is 4.03. The molecule has 0 aromatic carbocycles. The SMILES string of the molecule is CC.Cc1ccc(CN2CC(C)CC2=O)cn1. The van der Waals surface area contributed by atoms with E-state index in [1.54, 1.807) is 0 Å². The van der Waals surface area contributed by atoms with Crippen molar-refractivity contribution in [1.82, 2.24) is 9.88 Å².